The van der Waals surface area contributed by atoms with Crippen LogP contribution in [-0.4, -0.2) is 69.8 Å². The molecule has 0 aromatic heterocycles. The van der Waals surface area contributed by atoms with Crippen molar-refractivity contribution in [2.24, 2.45) is 11.7 Å². The molecule has 4 atom stereocenters. The summed E-state index contributed by atoms with van der Waals surface area (Å²) >= 11 is 0. The van der Waals surface area contributed by atoms with Crippen molar-refractivity contribution in [3.8, 4) is 5.75 Å². The van der Waals surface area contributed by atoms with Crippen LogP contribution in [0.15, 0.2) is 54.6 Å². The van der Waals surface area contributed by atoms with E-state index in [0.717, 1.165) is 5.56 Å². The van der Waals surface area contributed by atoms with Crippen molar-refractivity contribution in [2.45, 2.75) is 50.9 Å². The summed E-state index contributed by atoms with van der Waals surface area (Å²) < 4.78 is 0. The van der Waals surface area contributed by atoms with Gasteiger partial charge in [-0.1, -0.05) is 56.3 Å². The molecule has 2 aromatic rings. The van der Waals surface area contributed by atoms with Crippen molar-refractivity contribution in [2.75, 3.05) is 6.61 Å². The summed E-state index contributed by atoms with van der Waals surface area (Å²) in [5.74, 6) is -3.75. The fourth-order valence-corrected chi connectivity index (χ4v) is 3.54. The Morgan fingerprint density at radius 2 is 1.32 bits per heavy atom. The Hall–Kier alpha value is -3.96. The molecule has 11 nitrogen and oxygen atoms in total. The maximum atomic E-state index is 13.2. The number of aliphatic hydroxyl groups excluding tert-OH is 1. The molecule has 0 saturated heterocycles. The van der Waals surface area contributed by atoms with E-state index in [1.54, 1.807) is 56.3 Å². The topological polar surface area (TPSA) is 191 Å². The highest BCUT2D eigenvalue weighted by molar-refractivity contribution is 5.94. The summed E-state index contributed by atoms with van der Waals surface area (Å²) in [6.07, 6.45) is 0.0629. The lowest BCUT2D eigenvalue weighted by atomic mass is 9.99. The lowest BCUT2D eigenvalue weighted by Crippen LogP contribution is -2.59. The normalized spacial score (nSPS) is 14.2. The minimum atomic E-state index is -1.28. The molecule has 0 spiro atoms. The van der Waals surface area contributed by atoms with Crippen LogP contribution in [0, 0.1) is 5.92 Å². The van der Waals surface area contributed by atoms with Crippen LogP contribution in [0.1, 0.15) is 25.0 Å². The number of aliphatic carboxylic acids is 1. The van der Waals surface area contributed by atoms with Gasteiger partial charge < -0.3 is 37.0 Å². The molecule has 0 fully saturated rings. The number of carbonyl (C=O) groups is 4. The second-order valence-corrected chi connectivity index (χ2v) is 9.04. The number of nitrogens with one attached hydrogen (secondary N) is 3. The first-order valence-corrected chi connectivity index (χ1v) is 11.8. The third-order valence-electron chi connectivity index (χ3n) is 5.69. The van der Waals surface area contributed by atoms with Crippen LogP contribution in [-0.2, 0) is 32.0 Å². The van der Waals surface area contributed by atoms with Gasteiger partial charge in [0.15, 0.2) is 0 Å². The molecule has 0 radical (unpaired) electrons. The Bertz CT molecular complexity index is 1060. The van der Waals surface area contributed by atoms with Gasteiger partial charge in [0, 0.05) is 12.8 Å². The highest BCUT2D eigenvalue weighted by Crippen LogP contribution is 2.12. The Balaban J connectivity index is 2.18. The molecule has 8 N–H and O–H groups in total. The summed E-state index contributed by atoms with van der Waals surface area (Å²) in [4.78, 5) is 50.4. The lowest BCUT2D eigenvalue weighted by Gasteiger charge is -2.27. The number of rotatable bonds is 13. The standard InChI is InChI=1S/C26H34N4O7/c1-15(2)22(25(35)29-21(26(36)37)13-17-8-10-18(32)11-9-17)30-24(34)20(28-23(33)19(27)14-31)12-16-6-4-3-5-7-16/h3-11,15,19-22,31-32H,12-14,27H2,1-2H3,(H,28,33)(H,29,35)(H,30,34)(H,36,37). The molecule has 3 amide bonds. The van der Waals surface area contributed by atoms with E-state index in [4.69, 9.17) is 5.73 Å². The van der Waals surface area contributed by atoms with Crippen LogP contribution in [0.4, 0.5) is 0 Å². The fourth-order valence-electron chi connectivity index (χ4n) is 3.54. The number of phenolic OH excluding ortho intramolecular Hbond substituents is 1. The largest absolute Gasteiger partial charge is 0.508 e. The van der Waals surface area contributed by atoms with E-state index in [1.165, 1.54) is 12.1 Å². The smallest absolute Gasteiger partial charge is 0.326 e. The lowest BCUT2D eigenvalue weighted by molar-refractivity contribution is -0.142. The minimum Gasteiger partial charge on any atom is -0.508 e. The number of carboxylic acid groups (broad SMARTS) is 1. The zero-order valence-corrected chi connectivity index (χ0v) is 20.8. The van der Waals surface area contributed by atoms with Gasteiger partial charge in [-0.25, -0.2) is 4.79 Å². The number of hydrogen-bond donors (Lipinski definition) is 7. The van der Waals surface area contributed by atoms with Crippen LogP contribution < -0.4 is 21.7 Å². The van der Waals surface area contributed by atoms with E-state index in [0.29, 0.717) is 5.56 Å². The van der Waals surface area contributed by atoms with Gasteiger partial charge in [-0.3, -0.25) is 14.4 Å². The van der Waals surface area contributed by atoms with E-state index in [9.17, 15) is 34.5 Å². The summed E-state index contributed by atoms with van der Waals surface area (Å²) in [6, 6.07) is 10.1. The van der Waals surface area contributed by atoms with Crippen LogP contribution >= 0.6 is 0 Å². The first-order chi connectivity index (χ1) is 17.5. The minimum absolute atomic E-state index is 0.0272. The van der Waals surface area contributed by atoms with E-state index in [-0.39, 0.29) is 18.6 Å². The summed E-state index contributed by atoms with van der Waals surface area (Å²) in [5.41, 5.74) is 6.91. The number of carbonyl (C=O) groups excluding carboxylic acids is 3. The summed E-state index contributed by atoms with van der Waals surface area (Å²) in [6.45, 7) is 2.76. The van der Waals surface area contributed by atoms with Crippen LogP contribution in [0.5, 0.6) is 5.75 Å². The maximum absolute atomic E-state index is 13.2. The Labute approximate surface area is 215 Å². The van der Waals surface area contributed by atoms with Gasteiger partial charge in [-0.15, -0.1) is 0 Å². The van der Waals surface area contributed by atoms with Gasteiger partial charge in [0.05, 0.1) is 6.61 Å². The number of nitrogens with two attached hydrogens (primary N) is 1. The van der Waals surface area contributed by atoms with Gasteiger partial charge in [-0.2, -0.15) is 0 Å². The predicted molar refractivity (Wildman–Crippen MR) is 135 cm³/mol. The van der Waals surface area contributed by atoms with Crippen molar-refractivity contribution >= 4 is 23.7 Å². The second kappa shape index (κ2) is 14.0. The van der Waals surface area contributed by atoms with E-state index in [1.807, 2.05) is 0 Å². The third-order valence-corrected chi connectivity index (χ3v) is 5.69. The zero-order chi connectivity index (χ0) is 27.5. The summed E-state index contributed by atoms with van der Waals surface area (Å²) in [7, 11) is 0. The molecule has 0 bridgehead atoms. The average molecular weight is 515 g/mol. The zero-order valence-electron chi connectivity index (χ0n) is 20.8. The highest BCUT2D eigenvalue weighted by Gasteiger charge is 2.32. The van der Waals surface area contributed by atoms with Crippen LogP contribution in [0.3, 0.4) is 0 Å². The molecule has 2 aromatic carbocycles. The number of phenols is 1. The molecule has 200 valence electrons. The molecule has 0 aliphatic heterocycles. The Morgan fingerprint density at radius 3 is 1.86 bits per heavy atom. The van der Waals surface area contributed by atoms with E-state index < -0.39 is 60.4 Å². The van der Waals surface area contributed by atoms with Crippen molar-refractivity contribution in [3.05, 3.63) is 65.7 Å². The van der Waals surface area contributed by atoms with Crippen LogP contribution in [0.2, 0.25) is 0 Å². The molecule has 0 aliphatic carbocycles. The first-order valence-electron chi connectivity index (χ1n) is 11.8. The number of amides is 3. The van der Waals surface area contributed by atoms with Crippen molar-refractivity contribution in [3.63, 3.8) is 0 Å². The third kappa shape index (κ3) is 9.21. The molecule has 37 heavy (non-hydrogen) atoms. The second-order valence-electron chi connectivity index (χ2n) is 9.04. The molecule has 2 rings (SSSR count). The van der Waals surface area contributed by atoms with Gasteiger partial charge >= 0.3 is 5.97 Å². The predicted octanol–water partition coefficient (Wildman–Crippen LogP) is -0.308. The maximum Gasteiger partial charge on any atom is 0.326 e. The van der Waals surface area contributed by atoms with Gasteiger partial charge in [0.2, 0.25) is 17.7 Å². The molecule has 0 saturated carbocycles. The van der Waals surface area contributed by atoms with E-state index in [2.05, 4.69) is 16.0 Å². The fraction of sp³-hybridized carbons (Fsp3) is 0.385. The molecule has 4 unspecified atom stereocenters. The van der Waals surface area contributed by atoms with Gasteiger partial charge in [0.1, 0.15) is 29.9 Å². The average Bonchev–Trinajstić information content (AvgIpc) is 2.87. The number of benzene rings is 2. The number of hydrogen-bond acceptors (Lipinski definition) is 7. The molecular weight excluding hydrogens is 480 g/mol. The quantitative estimate of drug-likeness (QED) is 0.189. The first kappa shape index (κ1) is 29.3. The SMILES string of the molecule is CC(C)C(NC(=O)C(Cc1ccccc1)NC(=O)C(N)CO)C(=O)NC(Cc1ccc(O)cc1)C(=O)O. The monoisotopic (exact) mass is 514 g/mol. The van der Waals surface area contributed by atoms with Gasteiger partial charge in [0.25, 0.3) is 0 Å². The van der Waals surface area contributed by atoms with Crippen molar-refractivity contribution < 1.29 is 34.5 Å². The summed E-state index contributed by atoms with van der Waals surface area (Å²) in [5, 5.41) is 35.8. The molecule has 0 heterocycles. The van der Waals surface area contributed by atoms with Crippen molar-refractivity contribution in [1.82, 2.24) is 16.0 Å². The Morgan fingerprint density at radius 1 is 0.784 bits per heavy atom. The number of carboxylic acids is 1. The van der Waals surface area contributed by atoms with E-state index >= 15 is 0 Å². The molecular formula is C26H34N4O7. The van der Waals surface area contributed by atoms with Gasteiger partial charge in [-0.05, 0) is 29.2 Å². The number of aliphatic hydroxyl groups is 1. The van der Waals surface area contributed by atoms with Crippen molar-refractivity contribution in [1.29, 1.82) is 0 Å². The molecule has 11 heteroatoms. The van der Waals surface area contributed by atoms with Crippen LogP contribution in [0.25, 0.3) is 0 Å². The molecule has 0 aliphatic rings. The number of aromatic hydroxyl groups is 1. The highest BCUT2D eigenvalue weighted by atomic mass is 16.4. The Kier molecular flexibility index (Phi) is 11.0.